The number of halogens is 1. The highest BCUT2D eigenvalue weighted by Gasteiger charge is 2.18. The van der Waals surface area contributed by atoms with Crippen molar-refractivity contribution in [3.63, 3.8) is 0 Å². The molecule has 2 aromatic heterocycles. The van der Waals surface area contributed by atoms with Crippen LogP contribution in [0.5, 0.6) is 0 Å². The molecule has 3 aromatic rings. The Morgan fingerprint density at radius 1 is 1.39 bits per heavy atom. The Morgan fingerprint density at radius 3 is 2.94 bits per heavy atom. The van der Waals surface area contributed by atoms with E-state index in [-0.39, 0.29) is 5.78 Å². The van der Waals surface area contributed by atoms with E-state index in [1.807, 2.05) is 0 Å². The number of ketones is 1. The fraction of sp³-hybridized carbons (Fsp3) is 0.0714. The minimum atomic E-state index is -0.405. The molecule has 0 aliphatic carbocycles. The molecule has 0 atom stereocenters. The van der Waals surface area contributed by atoms with Crippen molar-refractivity contribution in [3.05, 3.63) is 59.4 Å². The molecule has 2 heterocycles. The molecule has 3 rings (SSSR count). The quantitative estimate of drug-likeness (QED) is 0.701. The number of aryl methyl sites for hydroxylation is 1. The van der Waals surface area contributed by atoms with Crippen LogP contribution in [0.1, 0.15) is 21.7 Å². The van der Waals surface area contributed by atoms with Crippen molar-refractivity contribution in [2.75, 3.05) is 0 Å². The minimum absolute atomic E-state index is 0.247. The van der Waals surface area contributed by atoms with E-state index < -0.39 is 5.82 Å². The number of aromatic amines is 1. The summed E-state index contributed by atoms with van der Waals surface area (Å²) in [7, 11) is 0. The van der Waals surface area contributed by atoms with Crippen molar-refractivity contribution in [1.82, 2.24) is 4.98 Å². The van der Waals surface area contributed by atoms with Gasteiger partial charge in [-0.3, -0.25) is 4.79 Å². The third-order valence-electron chi connectivity index (χ3n) is 2.89. The number of hydrogen-bond acceptors (Lipinski definition) is 2. The minimum Gasteiger partial charge on any atom is -0.469 e. The van der Waals surface area contributed by atoms with Gasteiger partial charge < -0.3 is 9.40 Å². The Morgan fingerprint density at radius 2 is 2.22 bits per heavy atom. The van der Waals surface area contributed by atoms with E-state index in [0.717, 1.165) is 0 Å². The van der Waals surface area contributed by atoms with Crippen molar-refractivity contribution in [1.29, 1.82) is 0 Å². The first-order valence-corrected chi connectivity index (χ1v) is 5.52. The highest BCUT2D eigenvalue weighted by Crippen LogP contribution is 2.24. The number of carbonyl (C=O) groups excluding carboxylic acids is 1. The molecule has 0 fully saturated rings. The third kappa shape index (κ3) is 1.54. The molecule has 4 heteroatoms. The molecule has 0 aliphatic rings. The number of nitrogens with one attached hydrogen (secondary N) is 1. The summed E-state index contributed by atoms with van der Waals surface area (Å²) in [6, 6.07) is 6.32. The molecular formula is C14H10FNO2. The Labute approximate surface area is 102 Å². The lowest BCUT2D eigenvalue weighted by Gasteiger charge is -1.97. The van der Waals surface area contributed by atoms with Crippen LogP contribution in [0.25, 0.3) is 10.9 Å². The van der Waals surface area contributed by atoms with Crippen LogP contribution < -0.4 is 0 Å². The van der Waals surface area contributed by atoms with Gasteiger partial charge in [0.1, 0.15) is 17.8 Å². The maximum absolute atomic E-state index is 13.8. The molecular weight excluding hydrogens is 233 g/mol. The molecule has 1 aromatic carbocycles. The molecule has 0 radical (unpaired) electrons. The summed E-state index contributed by atoms with van der Waals surface area (Å²) in [5, 5.41) is 0.321. The molecule has 0 saturated carbocycles. The van der Waals surface area contributed by atoms with E-state index in [0.29, 0.717) is 27.8 Å². The summed E-state index contributed by atoms with van der Waals surface area (Å²) in [4.78, 5) is 15.1. The van der Waals surface area contributed by atoms with Crippen LogP contribution in [-0.2, 0) is 0 Å². The number of carbonyl (C=O) groups is 1. The zero-order valence-corrected chi connectivity index (χ0v) is 9.66. The van der Waals surface area contributed by atoms with E-state index in [1.165, 1.54) is 18.5 Å². The molecule has 90 valence electrons. The van der Waals surface area contributed by atoms with Gasteiger partial charge in [-0.2, -0.15) is 0 Å². The van der Waals surface area contributed by atoms with Gasteiger partial charge in [0.25, 0.3) is 0 Å². The second-order valence-corrected chi connectivity index (χ2v) is 4.14. The van der Waals surface area contributed by atoms with Gasteiger partial charge in [-0.05, 0) is 25.1 Å². The molecule has 0 spiro atoms. The second kappa shape index (κ2) is 3.84. The molecule has 18 heavy (non-hydrogen) atoms. The Bertz CT molecular complexity index is 739. The first kappa shape index (κ1) is 10.8. The van der Waals surface area contributed by atoms with Gasteiger partial charge in [-0.15, -0.1) is 0 Å². The number of aromatic nitrogens is 1. The van der Waals surface area contributed by atoms with Gasteiger partial charge >= 0.3 is 0 Å². The Kier molecular flexibility index (Phi) is 2.30. The fourth-order valence-corrected chi connectivity index (χ4v) is 2.04. The molecule has 0 saturated heterocycles. The summed E-state index contributed by atoms with van der Waals surface area (Å²) in [6.07, 6.45) is 2.91. The normalized spacial score (nSPS) is 11.0. The summed E-state index contributed by atoms with van der Waals surface area (Å²) in [5.74, 6) is -0.000759. The smallest absolute Gasteiger partial charge is 0.198 e. The molecule has 0 amide bonds. The highest BCUT2D eigenvalue weighted by atomic mass is 19.1. The van der Waals surface area contributed by atoms with Crippen molar-refractivity contribution < 1.29 is 13.6 Å². The van der Waals surface area contributed by atoms with Gasteiger partial charge in [0, 0.05) is 17.1 Å². The number of hydrogen-bond donors (Lipinski definition) is 1. The molecule has 0 aliphatic heterocycles. The lowest BCUT2D eigenvalue weighted by molar-refractivity contribution is 0.103. The SMILES string of the molecule is Cc1cc(C(=O)c2c[nH]c3cccc(F)c23)co1. The van der Waals surface area contributed by atoms with E-state index in [1.54, 1.807) is 25.1 Å². The lowest BCUT2D eigenvalue weighted by atomic mass is 10.0. The molecule has 0 unspecified atom stereocenters. The Balaban J connectivity index is 2.18. The molecule has 3 nitrogen and oxygen atoms in total. The van der Waals surface area contributed by atoms with Crippen LogP contribution in [0.15, 0.2) is 41.1 Å². The first-order chi connectivity index (χ1) is 8.66. The number of fused-ring (bicyclic) bond motifs is 1. The first-order valence-electron chi connectivity index (χ1n) is 5.52. The predicted octanol–water partition coefficient (Wildman–Crippen LogP) is 3.44. The number of rotatable bonds is 2. The summed E-state index contributed by atoms with van der Waals surface area (Å²) in [6.45, 7) is 1.76. The van der Waals surface area contributed by atoms with Crippen molar-refractivity contribution >= 4 is 16.7 Å². The van der Waals surface area contributed by atoms with Crippen LogP contribution in [-0.4, -0.2) is 10.8 Å². The number of benzene rings is 1. The van der Waals surface area contributed by atoms with Gasteiger partial charge in [0.15, 0.2) is 5.78 Å². The van der Waals surface area contributed by atoms with Gasteiger partial charge in [0.2, 0.25) is 0 Å². The summed E-state index contributed by atoms with van der Waals surface area (Å²) < 4.78 is 18.9. The van der Waals surface area contributed by atoms with Crippen molar-refractivity contribution in [2.45, 2.75) is 6.92 Å². The van der Waals surface area contributed by atoms with Crippen LogP contribution in [0.4, 0.5) is 4.39 Å². The topological polar surface area (TPSA) is 46.0 Å². The van der Waals surface area contributed by atoms with Crippen molar-refractivity contribution in [2.24, 2.45) is 0 Å². The van der Waals surface area contributed by atoms with Gasteiger partial charge in [-0.1, -0.05) is 6.07 Å². The fourth-order valence-electron chi connectivity index (χ4n) is 2.04. The maximum Gasteiger partial charge on any atom is 0.198 e. The zero-order chi connectivity index (χ0) is 12.7. The average molecular weight is 243 g/mol. The van der Waals surface area contributed by atoms with Crippen LogP contribution in [0, 0.1) is 12.7 Å². The van der Waals surface area contributed by atoms with E-state index in [2.05, 4.69) is 4.98 Å². The van der Waals surface area contributed by atoms with Gasteiger partial charge in [0.05, 0.1) is 11.1 Å². The Hall–Kier alpha value is -2.36. The number of furan rings is 1. The zero-order valence-electron chi connectivity index (χ0n) is 9.66. The van der Waals surface area contributed by atoms with E-state index >= 15 is 0 Å². The monoisotopic (exact) mass is 243 g/mol. The van der Waals surface area contributed by atoms with Crippen molar-refractivity contribution in [3.8, 4) is 0 Å². The van der Waals surface area contributed by atoms with Gasteiger partial charge in [-0.25, -0.2) is 4.39 Å². The lowest BCUT2D eigenvalue weighted by Crippen LogP contribution is -1.99. The standard InChI is InChI=1S/C14H10FNO2/c1-8-5-9(7-18-8)14(17)10-6-16-12-4-2-3-11(15)13(10)12/h2-7,16H,1H3. The second-order valence-electron chi connectivity index (χ2n) is 4.14. The van der Waals surface area contributed by atoms with Crippen LogP contribution >= 0.6 is 0 Å². The highest BCUT2D eigenvalue weighted by molar-refractivity contribution is 6.16. The summed E-state index contributed by atoms with van der Waals surface area (Å²) >= 11 is 0. The summed E-state index contributed by atoms with van der Waals surface area (Å²) in [5.41, 5.74) is 1.36. The number of H-pyrrole nitrogens is 1. The average Bonchev–Trinajstić information content (AvgIpc) is 2.95. The maximum atomic E-state index is 13.8. The largest absolute Gasteiger partial charge is 0.469 e. The predicted molar refractivity (Wildman–Crippen MR) is 65.1 cm³/mol. The van der Waals surface area contributed by atoms with E-state index in [9.17, 15) is 9.18 Å². The molecule has 0 bridgehead atoms. The van der Waals surface area contributed by atoms with Crippen LogP contribution in [0.2, 0.25) is 0 Å². The van der Waals surface area contributed by atoms with E-state index in [4.69, 9.17) is 4.42 Å². The molecule has 1 N–H and O–H groups in total. The van der Waals surface area contributed by atoms with Crippen LogP contribution in [0.3, 0.4) is 0 Å². The third-order valence-corrected chi connectivity index (χ3v) is 2.89.